The van der Waals surface area contributed by atoms with Gasteiger partial charge in [0.2, 0.25) is 5.91 Å². The lowest BCUT2D eigenvalue weighted by atomic mass is 10.0. The predicted octanol–water partition coefficient (Wildman–Crippen LogP) is 1.27. The minimum Gasteiger partial charge on any atom is -0.480 e. The van der Waals surface area contributed by atoms with Gasteiger partial charge in [0.05, 0.1) is 12.1 Å². The second-order valence-electron chi connectivity index (χ2n) is 5.50. The molecule has 0 aliphatic rings. The maximum absolute atomic E-state index is 12.0. The van der Waals surface area contributed by atoms with E-state index in [9.17, 15) is 14.4 Å². The van der Waals surface area contributed by atoms with Crippen molar-refractivity contribution in [2.45, 2.75) is 26.3 Å². The lowest BCUT2D eigenvalue weighted by molar-refractivity contribution is -0.142. The second kappa shape index (κ2) is 8.38. The zero-order chi connectivity index (χ0) is 17.6. The number of amides is 2. The zero-order valence-corrected chi connectivity index (χ0v) is 13.7. The number of carboxylic acid groups (broad SMARTS) is 1. The first-order chi connectivity index (χ1) is 10.7. The third-order valence-corrected chi connectivity index (χ3v) is 3.24. The van der Waals surface area contributed by atoms with Crippen LogP contribution in [0, 0.1) is 5.92 Å². The molecule has 0 saturated carbocycles. The van der Waals surface area contributed by atoms with Gasteiger partial charge in [0, 0.05) is 10.7 Å². The summed E-state index contributed by atoms with van der Waals surface area (Å²) in [4.78, 5) is 34.8. The molecule has 0 aliphatic carbocycles. The van der Waals surface area contributed by atoms with E-state index in [-0.39, 0.29) is 23.7 Å². The van der Waals surface area contributed by atoms with Gasteiger partial charge < -0.3 is 21.5 Å². The Bertz CT molecular complexity index is 604. The number of nitrogen functional groups attached to an aromatic ring is 1. The van der Waals surface area contributed by atoms with E-state index in [2.05, 4.69) is 10.6 Å². The van der Waals surface area contributed by atoms with Crippen molar-refractivity contribution in [2.75, 3.05) is 12.3 Å². The van der Waals surface area contributed by atoms with E-state index in [1.165, 1.54) is 12.1 Å². The molecule has 0 bridgehead atoms. The average Bonchev–Trinajstić information content (AvgIpc) is 2.46. The van der Waals surface area contributed by atoms with Crippen LogP contribution in [-0.2, 0) is 9.59 Å². The van der Waals surface area contributed by atoms with Crippen molar-refractivity contribution < 1.29 is 19.5 Å². The number of nitrogens with two attached hydrogens (primary N) is 1. The highest BCUT2D eigenvalue weighted by molar-refractivity contribution is 6.31. The van der Waals surface area contributed by atoms with Crippen LogP contribution in [0.1, 0.15) is 30.6 Å². The average molecular weight is 342 g/mol. The van der Waals surface area contributed by atoms with Gasteiger partial charge in [0.15, 0.2) is 0 Å². The molecule has 8 heteroatoms. The lowest BCUT2D eigenvalue weighted by Gasteiger charge is -2.16. The molecule has 0 unspecified atom stereocenters. The first kappa shape index (κ1) is 18.8. The molecule has 0 radical (unpaired) electrons. The molecule has 0 fully saturated rings. The van der Waals surface area contributed by atoms with Crippen molar-refractivity contribution in [1.29, 1.82) is 0 Å². The van der Waals surface area contributed by atoms with Gasteiger partial charge in [-0.1, -0.05) is 25.4 Å². The van der Waals surface area contributed by atoms with E-state index in [1.54, 1.807) is 6.07 Å². The monoisotopic (exact) mass is 341 g/mol. The number of carboxylic acids is 1. The number of carbonyl (C=O) groups excluding carboxylic acids is 2. The zero-order valence-electron chi connectivity index (χ0n) is 12.9. The number of rotatable bonds is 7. The molecule has 1 atom stereocenters. The summed E-state index contributed by atoms with van der Waals surface area (Å²) in [6.07, 6.45) is 0.302. The molecule has 0 aromatic heterocycles. The second-order valence-corrected chi connectivity index (χ2v) is 5.94. The number of carbonyl (C=O) groups is 3. The summed E-state index contributed by atoms with van der Waals surface area (Å²) in [5.74, 6) is -2.16. The van der Waals surface area contributed by atoms with Gasteiger partial charge in [0.25, 0.3) is 5.91 Å². The van der Waals surface area contributed by atoms with E-state index < -0.39 is 23.8 Å². The first-order valence-electron chi connectivity index (χ1n) is 7.06. The van der Waals surface area contributed by atoms with Gasteiger partial charge in [-0.15, -0.1) is 0 Å². The molecular weight excluding hydrogens is 322 g/mol. The summed E-state index contributed by atoms with van der Waals surface area (Å²) in [5, 5.41) is 14.2. The first-order valence-corrected chi connectivity index (χ1v) is 7.44. The van der Waals surface area contributed by atoms with Crippen molar-refractivity contribution in [1.82, 2.24) is 10.6 Å². The smallest absolute Gasteiger partial charge is 0.326 e. The van der Waals surface area contributed by atoms with Crippen LogP contribution in [0.5, 0.6) is 0 Å². The van der Waals surface area contributed by atoms with Gasteiger partial charge in [-0.3, -0.25) is 9.59 Å². The molecule has 0 saturated heterocycles. The summed E-state index contributed by atoms with van der Waals surface area (Å²) in [7, 11) is 0. The van der Waals surface area contributed by atoms with Crippen LogP contribution in [0.3, 0.4) is 0 Å². The van der Waals surface area contributed by atoms with Crippen molar-refractivity contribution in [3.05, 3.63) is 28.8 Å². The van der Waals surface area contributed by atoms with Crippen LogP contribution < -0.4 is 16.4 Å². The molecule has 5 N–H and O–H groups in total. The van der Waals surface area contributed by atoms with E-state index in [0.29, 0.717) is 11.4 Å². The number of benzene rings is 1. The molecule has 2 amide bonds. The lowest BCUT2D eigenvalue weighted by Crippen LogP contribution is -2.46. The SMILES string of the molecule is CC(C)C[C@H](NC(=O)CNC(=O)c1cc(Cl)ccc1N)C(=O)O. The number of anilines is 1. The highest BCUT2D eigenvalue weighted by Crippen LogP contribution is 2.17. The molecule has 1 aromatic rings. The van der Waals surface area contributed by atoms with E-state index in [0.717, 1.165) is 0 Å². The Labute approximate surface area is 139 Å². The van der Waals surface area contributed by atoms with Gasteiger partial charge in [-0.25, -0.2) is 4.79 Å². The Balaban J connectivity index is 2.59. The molecule has 0 aliphatic heterocycles. The largest absolute Gasteiger partial charge is 0.480 e. The molecular formula is C15H20ClN3O4. The Morgan fingerprint density at radius 2 is 1.96 bits per heavy atom. The van der Waals surface area contributed by atoms with E-state index in [1.807, 2.05) is 13.8 Å². The molecule has 0 heterocycles. The third-order valence-electron chi connectivity index (χ3n) is 3.01. The molecule has 7 nitrogen and oxygen atoms in total. The fourth-order valence-electron chi connectivity index (χ4n) is 1.92. The fourth-order valence-corrected chi connectivity index (χ4v) is 2.09. The Morgan fingerprint density at radius 3 is 2.52 bits per heavy atom. The summed E-state index contributed by atoms with van der Waals surface area (Å²) in [6, 6.07) is 3.43. The minimum absolute atomic E-state index is 0.109. The normalized spacial score (nSPS) is 11.8. The Morgan fingerprint density at radius 1 is 1.30 bits per heavy atom. The third kappa shape index (κ3) is 6.15. The Kier molecular flexibility index (Phi) is 6.84. The fraction of sp³-hybridized carbons (Fsp3) is 0.400. The minimum atomic E-state index is -1.11. The molecule has 23 heavy (non-hydrogen) atoms. The predicted molar refractivity (Wildman–Crippen MR) is 87.2 cm³/mol. The van der Waals surface area contributed by atoms with Gasteiger partial charge in [0.1, 0.15) is 6.04 Å². The van der Waals surface area contributed by atoms with Crippen LogP contribution in [0.15, 0.2) is 18.2 Å². The number of nitrogens with one attached hydrogen (secondary N) is 2. The van der Waals surface area contributed by atoms with Crippen LogP contribution in [0.2, 0.25) is 5.02 Å². The highest BCUT2D eigenvalue weighted by atomic mass is 35.5. The van der Waals surface area contributed by atoms with Crippen LogP contribution in [0.25, 0.3) is 0 Å². The van der Waals surface area contributed by atoms with Crippen LogP contribution >= 0.6 is 11.6 Å². The van der Waals surface area contributed by atoms with Crippen LogP contribution in [0.4, 0.5) is 5.69 Å². The molecule has 1 aromatic carbocycles. The number of aliphatic carboxylic acids is 1. The van der Waals surface area contributed by atoms with Crippen molar-refractivity contribution in [3.8, 4) is 0 Å². The van der Waals surface area contributed by atoms with E-state index >= 15 is 0 Å². The highest BCUT2D eigenvalue weighted by Gasteiger charge is 2.21. The summed E-state index contributed by atoms with van der Waals surface area (Å²) < 4.78 is 0. The number of hydrogen-bond acceptors (Lipinski definition) is 4. The standard InChI is InChI=1S/C15H20ClN3O4/c1-8(2)5-12(15(22)23)19-13(20)7-18-14(21)10-6-9(16)3-4-11(10)17/h3-4,6,8,12H,5,7,17H2,1-2H3,(H,18,21)(H,19,20)(H,22,23)/t12-/m0/s1. The van der Waals surface area contributed by atoms with Crippen LogP contribution in [-0.4, -0.2) is 35.5 Å². The van der Waals surface area contributed by atoms with Gasteiger partial charge in [-0.2, -0.15) is 0 Å². The summed E-state index contributed by atoms with van der Waals surface area (Å²) in [6.45, 7) is 3.35. The number of hydrogen-bond donors (Lipinski definition) is 4. The maximum atomic E-state index is 12.0. The van der Waals surface area contributed by atoms with Gasteiger partial charge in [-0.05, 0) is 30.5 Å². The van der Waals surface area contributed by atoms with Crippen molar-refractivity contribution in [3.63, 3.8) is 0 Å². The summed E-state index contributed by atoms with van der Waals surface area (Å²) in [5.41, 5.74) is 6.06. The Hall–Kier alpha value is -2.28. The maximum Gasteiger partial charge on any atom is 0.326 e. The summed E-state index contributed by atoms with van der Waals surface area (Å²) >= 11 is 5.80. The molecule has 126 valence electrons. The topological polar surface area (TPSA) is 122 Å². The van der Waals surface area contributed by atoms with Crippen molar-refractivity contribution in [2.24, 2.45) is 5.92 Å². The molecule has 0 spiro atoms. The van der Waals surface area contributed by atoms with E-state index in [4.69, 9.17) is 22.4 Å². The number of halogens is 1. The van der Waals surface area contributed by atoms with Gasteiger partial charge >= 0.3 is 5.97 Å². The van der Waals surface area contributed by atoms with Crippen molar-refractivity contribution >= 4 is 35.1 Å². The molecule has 1 rings (SSSR count). The quantitative estimate of drug-likeness (QED) is 0.556.